The molecule has 1 fully saturated rings. The van der Waals surface area contributed by atoms with Gasteiger partial charge < -0.3 is 15.4 Å². The fourth-order valence-corrected chi connectivity index (χ4v) is 3.45. The molecular weight excluding hydrogens is 330 g/mol. The lowest BCUT2D eigenvalue weighted by atomic mass is 9.97. The molecule has 2 aromatic rings. The number of hydrogen-bond donors (Lipinski definition) is 1. The first-order chi connectivity index (χ1) is 12.5. The second-order valence-corrected chi connectivity index (χ2v) is 7.19. The van der Waals surface area contributed by atoms with E-state index >= 15 is 0 Å². The number of nitrogens with two attached hydrogens (primary N) is 1. The van der Waals surface area contributed by atoms with Gasteiger partial charge in [0, 0.05) is 25.4 Å². The summed E-state index contributed by atoms with van der Waals surface area (Å²) >= 11 is 0. The molecule has 0 bridgehead atoms. The van der Waals surface area contributed by atoms with E-state index in [1.54, 1.807) is 12.0 Å². The third-order valence-electron chi connectivity index (χ3n) is 4.68. The summed E-state index contributed by atoms with van der Waals surface area (Å²) in [7, 11) is 1.65. The number of primary amides is 1. The van der Waals surface area contributed by atoms with Crippen LogP contribution >= 0.6 is 0 Å². The van der Waals surface area contributed by atoms with Crippen molar-refractivity contribution in [1.82, 2.24) is 19.7 Å². The van der Waals surface area contributed by atoms with Crippen LogP contribution in [0.4, 0.5) is 4.79 Å². The molecule has 1 aromatic carbocycles. The van der Waals surface area contributed by atoms with Gasteiger partial charge in [0.1, 0.15) is 17.3 Å². The van der Waals surface area contributed by atoms with Crippen LogP contribution in [0.25, 0.3) is 5.69 Å². The highest BCUT2D eigenvalue weighted by Crippen LogP contribution is 2.30. The number of hydrogen-bond acceptors (Lipinski definition) is 4. The van der Waals surface area contributed by atoms with Crippen LogP contribution in [-0.4, -0.2) is 45.9 Å². The first-order valence-corrected chi connectivity index (χ1v) is 9.13. The van der Waals surface area contributed by atoms with Crippen LogP contribution in [0.1, 0.15) is 44.3 Å². The molecule has 2 N–H and O–H groups in total. The second-order valence-electron chi connectivity index (χ2n) is 7.19. The van der Waals surface area contributed by atoms with Gasteiger partial charge in [-0.3, -0.25) is 0 Å². The van der Waals surface area contributed by atoms with Crippen LogP contribution in [0, 0.1) is 5.92 Å². The van der Waals surface area contributed by atoms with E-state index in [1.165, 1.54) is 0 Å². The van der Waals surface area contributed by atoms with E-state index in [1.807, 2.05) is 28.9 Å². The van der Waals surface area contributed by atoms with E-state index in [4.69, 9.17) is 20.6 Å². The van der Waals surface area contributed by atoms with Crippen LogP contribution in [0.15, 0.2) is 24.3 Å². The van der Waals surface area contributed by atoms with E-state index in [9.17, 15) is 4.79 Å². The van der Waals surface area contributed by atoms with E-state index in [-0.39, 0.29) is 11.9 Å². The number of urea groups is 1. The van der Waals surface area contributed by atoms with Crippen molar-refractivity contribution < 1.29 is 9.53 Å². The Morgan fingerprint density at radius 3 is 2.85 bits per heavy atom. The molecule has 1 saturated heterocycles. The molecule has 3 rings (SSSR count). The molecule has 0 radical (unpaired) electrons. The summed E-state index contributed by atoms with van der Waals surface area (Å²) in [6.07, 6.45) is 2.67. The van der Waals surface area contributed by atoms with Gasteiger partial charge in [0.15, 0.2) is 5.82 Å². The number of methoxy groups -OCH3 is 1. The van der Waals surface area contributed by atoms with Crippen LogP contribution in [0.2, 0.25) is 0 Å². The van der Waals surface area contributed by atoms with Crippen LogP contribution in [0.3, 0.4) is 0 Å². The maximum atomic E-state index is 11.6. The molecule has 1 aliphatic rings. The van der Waals surface area contributed by atoms with Crippen molar-refractivity contribution in [3.8, 4) is 11.4 Å². The molecule has 0 unspecified atom stereocenters. The van der Waals surface area contributed by atoms with Gasteiger partial charge in [0.25, 0.3) is 0 Å². The molecule has 2 amide bonds. The minimum Gasteiger partial charge on any atom is -0.494 e. The third kappa shape index (κ3) is 3.81. The number of para-hydroxylation sites is 2. The number of piperidine rings is 1. The Kier molecular flexibility index (Phi) is 5.44. The van der Waals surface area contributed by atoms with Crippen molar-refractivity contribution >= 4 is 6.03 Å². The molecule has 26 heavy (non-hydrogen) atoms. The zero-order valence-corrected chi connectivity index (χ0v) is 15.7. The van der Waals surface area contributed by atoms with Gasteiger partial charge in [-0.1, -0.05) is 26.0 Å². The number of ether oxygens (including phenoxy) is 1. The number of amides is 2. The van der Waals surface area contributed by atoms with E-state index in [2.05, 4.69) is 13.8 Å². The lowest BCUT2D eigenvalue weighted by molar-refractivity contribution is 0.187. The average molecular weight is 357 g/mol. The van der Waals surface area contributed by atoms with Crippen molar-refractivity contribution in [1.29, 1.82) is 0 Å². The largest absolute Gasteiger partial charge is 0.494 e. The fourth-order valence-electron chi connectivity index (χ4n) is 3.45. The maximum absolute atomic E-state index is 11.6. The number of carbonyl (C=O) groups is 1. The van der Waals surface area contributed by atoms with Gasteiger partial charge >= 0.3 is 6.03 Å². The number of carbonyl (C=O) groups excluding carboxylic acids is 1. The normalized spacial score (nSPS) is 17.5. The van der Waals surface area contributed by atoms with Crippen LogP contribution in [0.5, 0.6) is 5.75 Å². The van der Waals surface area contributed by atoms with Crippen molar-refractivity contribution in [3.63, 3.8) is 0 Å². The third-order valence-corrected chi connectivity index (χ3v) is 4.68. The molecule has 7 nitrogen and oxygen atoms in total. The Bertz CT molecular complexity index is 771. The zero-order valence-electron chi connectivity index (χ0n) is 15.7. The van der Waals surface area contributed by atoms with Crippen molar-refractivity contribution in [2.75, 3.05) is 20.2 Å². The molecule has 2 heterocycles. The van der Waals surface area contributed by atoms with Crippen LogP contribution in [-0.2, 0) is 6.42 Å². The Morgan fingerprint density at radius 1 is 1.38 bits per heavy atom. The van der Waals surface area contributed by atoms with E-state index in [0.29, 0.717) is 19.0 Å². The highest BCUT2D eigenvalue weighted by atomic mass is 16.5. The van der Waals surface area contributed by atoms with Gasteiger partial charge in [0.05, 0.1) is 7.11 Å². The number of aromatic nitrogens is 3. The first-order valence-electron chi connectivity index (χ1n) is 9.13. The molecule has 1 aromatic heterocycles. The lowest BCUT2D eigenvalue weighted by Gasteiger charge is -2.31. The first kappa shape index (κ1) is 18.2. The number of likely N-dealkylation sites (tertiary alicyclic amines) is 1. The number of benzene rings is 1. The quantitative estimate of drug-likeness (QED) is 0.891. The summed E-state index contributed by atoms with van der Waals surface area (Å²) in [5, 5.41) is 4.77. The van der Waals surface area contributed by atoms with Crippen molar-refractivity contribution in [2.45, 2.75) is 39.0 Å². The van der Waals surface area contributed by atoms with Gasteiger partial charge in [-0.05, 0) is 30.9 Å². The molecule has 0 saturated carbocycles. The maximum Gasteiger partial charge on any atom is 0.314 e. The number of nitrogens with zero attached hydrogens (tertiary/aromatic N) is 4. The lowest BCUT2D eigenvalue weighted by Crippen LogP contribution is -2.42. The van der Waals surface area contributed by atoms with Gasteiger partial charge in [-0.25, -0.2) is 14.5 Å². The summed E-state index contributed by atoms with van der Waals surface area (Å²) in [6.45, 7) is 5.58. The van der Waals surface area contributed by atoms with Gasteiger partial charge in [-0.15, -0.1) is 0 Å². The van der Waals surface area contributed by atoms with Crippen molar-refractivity contribution in [2.24, 2.45) is 11.7 Å². The minimum atomic E-state index is -0.375. The minimum absolute atomic E-state index is 0.106. The summed E-state index contributed by atoms with van der Waals surface area (Å²) in [6, 6.07) is 7.41. The molecule has 7 heteroatoms. The zero-order chi connectivity index (χ0) is 18.7. The standard InChI is InChI=1S/C19H27N5O2/c1-13(2)11-17-21-18(14-7-6-10-23(12-14)19(20)25)24(22-17)15-8-4-5-9-16(15)26-3/h4-5,8-9,13-14H,6-7,10-12H2,1-3H3,(H2,20,25)/t14-/m0/s1. The summed E-state index contributed by atoms with van der Waals surface area (Å²) in [4.78, 5) is 18.2. The Hall–Kier alpha value is -2.57. The molecule has 0 aliphatic carbocycles. The summed E-state index contributed by atoms with van der Waals surface area (Å²) in [5.74, 6) is 3.00. The summed E-state index contributed by atoms with van der Waals surface area (Å²) < 4.78 is 7.40. The van der Waals surface area contributed by atoms with Gasteiger partial charge in [0.2, 0.25) is 0 Å². The average Bonchev–Trinajstić information content (AvgIpc) is 3.04. The number of rotatable bonds is 5. The van der Waals surface area contributed by atoms with Gasteiger partial charge in [-0.2, -0.15) is 5.10 Å². The predicted octanol–water partition coefficient (Wildman–Crippen LogP) is 2.73. The Balaban J connectivity index is 2.02. The molecule has 1 atom stereocenters. The van der Waals surface area contributed by atoms with Crippen LogP contribution < -0.4 is 10.5 Å². The molecule has 1 aliphatic heterocycles. The Morgan fingerprint density at radius 2 is 2.15 bits per heavy atom. The second kappa shape index (κ2) is 7.76. The predicted molar refractivity (Wildman–Crippen MR) is 99.6 cm³/mol. The topological polar surface area (TPSA) is 86.3 Å². The molecule has 140 valence electrons. The van der Waals surface area contributed by atoms with E-state index in [0.717, 1.165) is 42.3 Å². The highest BCUT2D eigenvalue weighted by Gasteiger charge is 2.29. The van der Waals surface area contributed by atoms with E-state index < -0.39 is 0 Å². The Labute approximate surface area is 154 Å². The molecule has 0 spiro atoms. The smallest absolute Gasteiger partial charge is 0.314 e. The monoisotopic (exact) mass is 357 g/mol. The molecular formula is C19H27N5O2. The highest BCUT2D eigenvalue weighted by molar-refractivity contribution is 5.72. The summed E-state index contributed by atoms with van der Waals surface area (Å²) in [5.41, 5.74) is 6.36. The van der Waals surface area contributed by atoms with Crippen molar-refractivity contribution in [3.05, 3.63) is 35.9 Å². The fraction of sp³-hybridized carbons (Fsp3) is 0.526. The SMILES string of the molecule is COc1ccccc1-n1nc(CC(C)C)nc1[C@H]1CCCN(C(N)=O)C1.